The van der Waals surface area contributed by atoms with Crippen molar-refractivity contribution >= 4 is 39.2 Å². The first-order valence-electron chi connectivity index (χ1n) is 9.86. The summed E-state index contributed by atoms with van der Waals surface area (Å²) in [6, 6.07) is 1.97. The zero-order valence-corrected chi connectivity index (χ0v) is 18.3. The Morgan fingerprint density at radius 3 is 2.63 bits per heavy atom. The van der Waals surface area contributed by atoms with E-state index in [9.17, 15) is 9.59 Å². The normalized spacial score (nSPS) is 20.4. The highest BCUT2D eigenvalue weighted by atomic mass is 32.2. The molecule has 0 spiro atoms. The number of fused-ring (bicyclic) bond motifs is 1. The standard InChI is InChI=1S/C20H29N3O2S2/c1-5-7-23-19(25)16-9-15(6-2)27-18(16)21-20(23)26-12-17(24)22-10-13(3)8-14(4)11-22/h9,13-14H,5-8,10-12H2,1-4H3. The molecule has 1 fully saturated rings. The Kier molecular flexibility index (Phi) is 6.63. The number of likely N-dealkylation sites (tertiary alicyclic amines) is 1. The van der Waals surface area contributed by atoms with Crippen LogP contribution in [0, 0.1) is 11.8 Å². The Labute approximate surface area is 169 Å². The Morgan fingerprint density at radius 2 is 2.00 bits per heavy atom. The number of carbonyl (C=O) groups excluding carboxylic acids is 1. The number of aromatic nitrogens is 2. The minimum absolute atomic E-state index is 0.0213. The monoisotopic (exact) mass is 407 g/mol. The van der Waals surface area contributed by atoms with Crippen molar-refractivity contribution in [1.82, 2.24) is 14.5 Å². The quantitative estimate of drug-likeness (QED) is 0.536. The molecule has 1 aliphatic heterocycles. The first-order valence-corrected chi connectivity index (χ1v) is 11.7. The summed E-state index contributed by atoms with van der Waals surface area (Å²) >= 11 is 2.99. The molecule has 2 aromatic rings. The average molecular weight is 408 g/mol. The molecule has 0 radical (unpaired) electrons. The Morgan fingerprint density at radius 1 is 1.30 bits per heavy atom. The molecule has 148 valence electrons. The number of hydrogen-bond donors (Lipinski definition) is 0. The largest absolute Gasteiger partial charge is 0.341 e. The lowest BCUT2D eigenvalue weighted by Crippen LogP contribution is -2.43. The molecule has 0 aliphatic carbocycles. The molecule has 5 nitrogen and oxygen atoms in total. The van der Waals surface area contributed by atoms with Gasteiger partial charge < -0.3 is 4.90 Å². The summed E-state index contributed by atoms with van der Waals surface area (Å²) < 4.78 is 1.74. The summed E-state index contributed by atoms with van der Waals surface area (Å²) in [4.78, 5) is 34.3. The van der Waals surface area contributed by atoms with Crippen molar-refractivity contribution in [3.63, 3.8) is 0 Å². The minimum atomic E-state index is 0.0213. The van der Waals surface area contributed by atoms with Crippen molar-refractivity contribution in [3.05, 3.63) is 21.3 Å². The van der Waals surface area contributed by atoms with Crippen LogP contribution in [0.4, 0.5) is 0 Å². The van der Waals surface area contributed by atoms with Gasteiger partial charge in [-0.2, -0.15) is 0 Å². The molecular weight excluding hydrogens is 378 g/mol. The van der Waals surface area contributed by atoms with Crippen LogP contribution in [0.5, 0.6) is 0 Å². The third kappa shape index (κ3) is 4.57. The number of aryl methyl sites for hydroxylation is 1. The number of thioether (sulfide) groups is 1. The van der Waals surface area contributed by atoms with E-state index < -0.39 is 0 Å². The second-order valence-electron chi connectivity index (χ2n) is 7.67. The highest BCUT2D eigenvalue weighted by Gasteiger charge is 2.25. The van der Waals surface area contributed by atoms with E-state index in [-0.39, 0.29) is 11.5 Å². The highest BCUT2D eigenvalue weighted by molar-refractivity contribution is 7.99. The van der Waals surface area contributed by atoms with Gasteiger partial charge in [0, 0.05) is 24.5 Å². The van der Waals surface area contributed by atoms with E-state index in [1.54, 1.807) is 15.9 Å². The van der Waals surface area contributed by atoms with Crippen LogP contribution in [0.25, 0.3) is 10.2 Å². The predicted molar refractivity (Wildman–Crippen MR) is 114 cm³/mol. The van der Waals surface area contributed by atoms with Gasteiger partial charge in [-0.1, -0.05) is 39.5 Å². The van der Waals surface area contributed by atoms with Crippen LogP contribution in [0.2, 0.25) is 0 Å². The number of nitrogens with zero attached hydrogens (tertiary/aromatic N) is 3. The van der Waals surface area contributed by atoms with Crippen LogP contribution in [0.15, 0.2) is 16.0 Å². The number of carbonyl (C=O) groups is 1. The lowest BCUT2D eigenvalue weighted by molar-refractivity contribution is -0.130. The Hall–Kier alpha value is -1.34. The molecule has 0 saturated carbocycles. The van der Waals surface area contributed by atoms with Gasteiger partial charge in [0.05, 0.1) is 11.1 Å². The number of hydrogen-bond acceptors (Lipinski definition) is 5. The third-order valence-electron chi connectivity index (χ3n) is 5.01. The third-order valence-corrected chi connectivity index (χ3v) is 7.14. The van der Waals surface area contributed by atoms with Crippen LogP contribution in [-0.2, 0) is 17.8 Å². The fourth-order valence-corrected chi connectivity index (χ4v) is 5.77. The number of amides is 1. The van der Waals surface area contributed by atoms with E-state index in [1.807, 2.05) is 11.0 Å². The molecule has 1 amide bonds. The van der Waals surface area contributed by atoms with E-state index in [4.69, 9.17) is 4.98 Å². The van der Waals surface area contributed by atoms with Gasteiger partial charge in [-0.05, 0) is 37.2 Å². The topological polar surface area (TPSA) is 55.2 Å². The van der Waals surface area contributed by atoms with Crippen molar-refractivity contribution in [1.29, 1.82) is 0 Å². The maximum Gasteiger partial charge on any atom is 0.262 e. The van der Waals surface area contributed by atoms with Gasteiger partial charge in [0.1, 0.15) is 4.83 Å². The van der Waals surface area contributed by atoms with E-state index in [0.29, 0.717) is 34.7 Å². The van der Waals surface area contributed by atoms with Gasteiger partial charge in [0.15, 0.2) is 5.16 Å². The molecule has 3 rings (SSSR count). The molecule has 3 heterocycles. The van der Waals surface area contributed by atoms with Crippen molar-refractivity contribution in [2.75, 3.05) is 18.8 Å². The minimum Gasteiger partial charge on any atom is -0.341 e. The zero-order chi connectivity index (χ0) is 19.6. The summed E-state index contributed by atoms with van der Waals surface area (Å²) in [5.41, 5.74) is 0.0213. The lowest BCUT2D eigenvalue weighted by Gasteiger charge is -2.35. The molecule has 1 saturated heterocycles. The summed E-state index contributed by atoms with van der Waals surface area (Å²) in [7, 11) is 0. The van der Waals surface area contributed by atoms with Crippen molar-refractivity contribution in [2.45, 2.75) is 58.7 Å². The maximum atomic E-state index is 12.9. The molecular formula is C20H29N3O2S2. The molecule has 1 aliphatic rings. The summed E-state index contributed by atoms with van der Waals surface area (Å²) in [6.07, 6.45) is 2.95. The van der Waals surface area contributed by atoms with Gasteiger partial charge in [-0.25, -0.2) is 4.98 Å². The molecule has 27 heavy (non-hydrogen) atoms. The zero-order valence-electron chi connectivity index (χ0n) is 16.7. The summed E-state index contributed by atoms with van der Waals surface area (Å²) in [5.74, 6) is 1.59. The summed E-state index contributed by atoms with van der Waals surface area (Å²) in [6.45, 7) is 10.9. The Balaban J connectivity index is 1.82. The van der Waals surface area contributed by atoms with Gasteiger partial charge in [-0.15, -0.1) is 11.3 Å². The van der Waals surface area contributed by atoms with Crippen LogP contribution in [-0.4, -0.2) is 39.2 Å². The van der Waals surface area contributed by atoms with E-state index >= 15 is 0 Å². The number of thiophene rings is 1. The lowest BCUT2D eigenvalue weighted by atomic mass is 9.92. The van der Waals surface area contributed by atoms with Crippen molar-refractivity contribution in [2.24, 2.45) is 11.8 Å². The average Bonchev–Trinajstić information content (AvgIpc) is 3.05. The first kappa shape index (κ1) is 20.4. The molecule has 0 N–H and O–H groups in total. The highest BCUT2D eigenvalue weighted by Crippen LogP contribution is 2.26. The van der Waals surface area contributed by atoms with Gasteiger partial charge in [0.2, 0.25) is 5.91 Å². The molecule has 7 heteroatoms. The van der Waals surface area contributed by atoms with Crippen molar-refractivity contribution < 1.29 is 4.79 Å². The summed E-state index contributed by atoms with van der Waals surface area (Å²) in [5, 5.41) is 1.38. The van der Waals surface area contributed by atoms with E-state index in [1.165, 1.54) is 23.1 Å². The maximum absolute atomic E-state index is 12.9. The van der Waals surface area contributed by atoms with E-state index in [2.05, 4.69) is 27.7 Å². The predicted octanol–water partition coefficient (Wildman–Crippen LogP) is 4.03. The van der Waals surface area contributed by atoms with Gasteiger partial charge in [-0.3, -0.25) is 14.2 Å². The van der Waals surface area contributed by atoms with Crippen molar-refractivity contribution in [3.8, 4) is 0 Å². The molecule has 0 aromatic carbocycles. The second kappa shape index (κ2) is 8.78. The van der Waals surface area contributed by atoms with Crippen LogP contribution in [0.1, 0.15) is 45.4 Å². The Bertz CT molecular complexity index is 864. The first-order chi connectivity index (χ1) is 12.9. The van der Waals surface area contributed by atoms with Crippen LogP contribution < -0.4 is 5.56 Å². The molecule has 2 atom stereocenters. The van der Waals surface area contributed by atoms with Gasteiger partial charge >= 0.3 is 0 Å². The second-order valence-corrected chi connectivity index (χ2v) is 9.73. The van der Waals surface area contributed by atoms with Crippen LogP contribution >= 0.6 is 23.1 Å². The molecule has 2 aromatic heterocycles. The smallest absolute Gasteiger partial charge is 0.262 e. The fraction of sp³-hybridized carbons (Fsp3) is 0.650. The van der Waals surface area contributed by atoms with E-state index in [0.717, 1.165) is 30.8 Å². The van der Waals surface area contributed by atoms with Gasteiger partial charge in [0.25, 0.3) is 5.56 Å². The molecule has 0 bridgehead atoms. The van der Waals surface area contributed by atoms with Crippen LogP contribution in [0.3, 0.4) is 0 Å². The SMILES string of the molecule is CCCn1c(SCC(=O)N2CC(C)CC(C)C2)nc2sc(CC)cc2c1=O. The molecule has 2 unspecified atom stereocenters. The fourth-order valence-electron chi connectivity index (χ4n) is 3.84. The number of rotatable bonds is 6. The number of piperidine rings is 1.